The molecule has 3 rings (SSSR count). The molecule has 5 nitrogen and oxygen atoms in total. The molecule has 31 heavy (non-hydrogen) atoms. The summed E-state index contributed by atoms with van der Waals surface area (Å²) in [4.78, 5) is 12.3. The van der Waals surface area contributed by atoms with Crippen LogP contribution in [0.15, 0.2) is 41.3 Å². The summed E-state index contributed by atoms with van der Waals surface area (Å²) in [6.45, 7) is 0.613. The lowest BCUT2D eigenvalue weighted by atomic mass is 10.1. The predicted molar refractivity (Wildman–Crippen MR) is 108 cm³/mol. The highest BCUT2D eigenvalue weighted by Gasteiger charge is 2.34. The summed E-state index contributed by atoms with van der Waals surface area (Å²) >= 11 is 5.61. The van der Waals surface area contributed by atoms with Crippen molar-refractivity contribution in [1.29, 1.82) is 0 Å². The lowest BCUT2D eigenvalue weighted by Gasteiger charge is -2.20. The highest BCUT2D eigenvalue weighted by molar-refractivity contribution is 7.89. The highest BCUT2D eigenvalue weighted by atomic mass is 35.5. The average Bonchev–Trinajstić information content (AvgIpc) is 2.99. The standard InChI is InChI=1S/C20H19ClF4N2O3S/c21-13-5-8-18(16(11-13)20(23,24)25)26-19(28)15-12-14(6-7-17(15)22)31(29,30)27-9-3-1-2-4-10-27/h5-8,11-12H,1-4,9-10H2,(H,26,28). The minimum absolute atomic E-state index is 0.193. The van der Waals surface area contributed by atoms with Crippen LogP contribution < -0.4 is 5.32 Å². The summed E-state index contributed by atoms with van der Waals surface area (Å²) in [5, 5.41) is 1.81. The Kier molecular flexibility index (Phi) is 6.92. The first-order valence-electron chi connectivity index (χ1n) is 9.48. The molecule has 168 valence electrons. The third-order valence-electron chi connectivity index (χ3n) is 4.92. The van der Waals surface area contributed by atoms with Crippen molar-refractivity contribution in [3.8, 4) is 0 Å². The molecule has 1 saturated heterocycles. The van der Waals surface area contributed by atoms with Crippen molar-refractivity contribution >= 4 is 33.2 Å². The minimum atomic E-state index is -4.82. The predicted octanol–water partition coefficient (Wildman–Crippen LogP) is 5.31. The van der Waals surface area contributed by atoms with E-state index in [2.05, 4.69) is 0 Å². The van der Waals surface area contributed by atoms with Crippen molar-refractivity contribution < 1.29 is 30.8 Å². The van der Waals surface area contributed by atoms with Crippen molar-refractivity contribution in [2.24, 2.45) is 0 Å². The van der Waals surface area contributed by atoms with Crippen LogP contribution in [0.3, 0.4) is 0 Å². The molecule has 1 aliphatic heterocycles. The van der Waals surface area contributed by atoms with Gasteiger partial charge in [0, 0.05) is 18.1 Å². The fourth-order valence-electron chi connectivity index (χ4n) is 3.32. The number of hydrogen-bond acceptors (Lipinski definition) is 3. The number of anilines is 1. The lowest BCUT2D eigenvalue weighted by Crippen LogP contribution is -2.32. The molecular formula is C20H19ClF4N2O3S. The molecule has 1 amide bonds. The first-order valence-corrected chi connectivity index (χ1v) is 11.3. The molecule has 1 aliphatic rings. The second kappa shape index (κ2) is 9.13. The number of benzene rings is 2. The molecule has 0 aliphatic carbocycles. The SMILES string of the molecule is O=C(Nc1ccc(Cl)cc1C(F)(F)F)c1cc(S(=O)(=O)N2CCCCCC2)ccc1F. The minimum Gasteiger partial charge on any atom is -0.321 e. The van der Waals surface area contributed by atoms with Crippen molar-refractivity contribution in [3.05, 3.63) is 58.4 Å². The molecule has 2 aromatic rings. The molecule has 0 saturated carbocycles. The zero-order valence-electron chi connectivity index (χ0n) is 16.2. The monoisotopic (exact) mass is 478 g/mol. The van der Waals surface area contributed by atoms with Gasteiger partial charge in [0.15, 0.2) is 0 Å². The molecule has 11 heteroatoms. The van der Waals surface area contributed by atoms with E-state index in [9.17, 15) is 30.8 Å². The Hall–Kier alpha value is -2.17. The number of sulfonamides is 1. The average molecular weight is 479 g/mol. The van der Waals surface area contributed by atoms with Gasteiger partial charge in [-0.3, -0.25) is 4.79 Å². The van der Waals surface area contributed by atoms with E-state index in [0.29, 0.717) is 32.0 Å². The second-order valence-corrected chi connectivity index (χ2v) is 9.48. The molecular weight excluding hydrogens is 460 g/mol. The van der Waals surface area contributed by atoms with Gasteiger partial charge in [0.05, 0.1) is 21.7 Å². The maximum Gasteiger partial charge on any atom is 0.418 e. The third-order valence-corrected chi connectivity index (χ3v) is 7.05. The van der Waals surface area contributed by atoms with E-state index < -0.39 is 44.7 Å². The Morgan fingerprint density at radius 3 is 2.26 bits per heavy atom. The molecule has 2 aromatic carbocycles. The molecule has 0 radical (unpaired) electrons. The number of nitrogens with one attached hydrogen (secondary N) is 1. The molecule has 0 bridgehead atoms. The number of nitrogens with zero attached hydrogens (tertiary/aromatic N) is 1. The number of alkyl halides is 3. The molecule has 1 fully saturated rings. The van der Waals surface area contributed by atoms with Crippen LogP contribution in [-0.2, 0) is 16.2 Å². The number of carbonyl (C=O) groups is 1. The molecule has 0 atom stereocenters. The Bertz CT molecular complexity index is 1080. The fourth-order valence-corrected chi connectivity index (χ4v) is 5.04. The van der Waals surface area contributed by atoms with Crippen LogP contribution in [0.4, 0.5) is 23.2 Å². The van der Waals surface area contributed by atoms with Crippen molar-refractivity contribution in [2.45, 2.75) is 36.8 Å². The summed E-state index contributed by atoms with van der Waals surface area (Å²) in [7, 11) is -3.98. The number of hydrogen-bond donors (Lipinski definition) is 1. The normalized spacial score (nSPS) is 16.0. The van der Waals surface area contributed by atoms with E-state index in [1.165, 1.54) is 4.31 Å². The molecule has 1 N–H and O–H groups in total. The first kappa shape index (κ1) is 23.5. The highest BCUT2D eigenvalue weighted by Crippen LogP contribution is 2.36. The molecule has 0 unspecified atom stereocenters. The van der Waals surface area contributed by atoms with Crippen LogP contribution in [0.25, 0.3) is 0 Å². The van der Waals surface area contributed by atoms with Crippen LogP contribution in [-0.4, -0.2) is 31.7 Å². The summed E-state index contributed by atoms with van der Waals surface area (Å²) in [6, 6.07) is 5.41. The number of carbonyl (C=O) groups excluding carboxylic acids is 1. The van der Waals surface area contributed by atoms with Crippen LogP contribution >= 0.6 is 11.6 Å². The Morgan fingerprint density at radius 2 is 1.65 bits per heavy atom. The number of halogens is 5. The van der Waals surface area contributed by atoms with Gasteiger partial charge in [0.1, 0.15) is 5.82 Å². The summed E-state index contributed by atoms with van der Waals surface area (Å²) in [5.41, 5.74) is -2.51. The zero-order valence-corrected chi connectivity index (χ0v) is 17.7. The summed E-state index contributed by atoms with van der Waals surface area (Å²) in [6.07, 6.45) is -1.66. The van der Waals surface area contributed by atoms with Crippen LogP contribution in [0.2, 0.25) is 5.02 Å². The molecule has 1 heterocycles. The largest absolute Gasteiger partial charge is 0.418 e. The maximum atomic E-state index is 14.3. The Morgan fingerprint density at radius 1 is 1.00 bits per heavy atom. The van der Waals surface area contributed by atoms with E-state index >= 15 is 0 Å². The smallest absolute Gasteiger partial charge is 0.321 e. The molecule has 0 spiro atoms. The van der Waals surface area contributed by atoms with Gasteiger partial charge in [-0.2, -0.15) is 17.5 Å². The van der Waals surface area contributed by atoms with Gasteiger partial charge in [-0.1, -0.05) is 24.4 Å². The van der Waals surface area contributed by atoms with Gasteiger partial charge in [-0.25, -0.2) is 12.8 Å². The van der Waals surface area contributed by atoms with Gasteiger partial charge in [-0.15, -0.1) is 0 Å². The van der Waals surface area contributed by atoms with Gasteiger partial charge in [0.2, 0.25) is 10.0 Å². The number of rotatable bonds is 4. The van der Waals surface area contributed by atoms with Gasteiger partial charge >= 0.3 is 6.18 Å². The van der Waals surface area contributed by atoms with Crippen molar-refractivity contribution in [3.63, 3.8) is 0 Å². The molecule has 0 aromatic heterocycles. The Balaban J connectivity index is 1.93. The van der Waals surface area contributed by atoms with E-state index in [1.54, 1.807) is 0 Å². The van der Waals surface area contributed by atoms with Crippen LogP contribution in [0, 0.1) is 5.82 Å². The van der Waals surface area contributed by atoms with Gasteiger partial charge < -0.3 is 5.32 Å². The van der Waals surface area contributed by atoms with E-state index in [1.807, 2.05) is 5.32 Å². The third kappa shape index (κ3) is 5.36. The fraction of sp³-hybridized carbons (Fsp3) is 0.350. The van der Waals surface area contributed by atoms with Crippen LogP contribution in [0.5, 0.6) is 0 Å². The van der Waals surface area contributed by atoms with Crippen LogP contribution in [0.1, 0.15) is 41.6 Å². The first-order chi connectivity index (χ1) is 14.5. The quantitative estimate of drug-likeness (QED) is 0.605. The van der Waals surface area contributed by atoms with Crippen molar-refractivity contribution in [1.82, 2.24) is 4.31 Å². The number of amides is 1. The van der Waals surface area contributed by atoms with E-state index in [0.717, 1.165) is 43.2 Å². The Labute approximate surface area is 182 Å². The topological polar surface area (TPSA) is 66.5 Å². The van der Waals surface area contributed by atoms with E-state index in [-0.39, 0.29) is 9.92 Å². The van der Waals surface area contributed by atoms with Gasteiger partial charge in [-0.05, 0) is 49.2 Å². The summed E-state index contributed by atoms with van der Waals surface area (Å²) < 4.78 is 81.2. The van der Waals surface area contributed by atoms with Gasteiger partial charge in [0.25, 0.3) is 5.91 Å². The zero-order chi connectivity index (χ0) is 22.8. The maximum absolute atomic E-state index is 14.3. The lowest BCUT2D eigenvalue weighted by molar-refractivity contribution is -0.136. The second-order valence-electron chi connectivity index (χ2n) is 7.10. The van der Waals surface area contributed by atoms with Crippen molar-refractivity contribution in [2.75, 3.05) is 18.4 Å². The van der Waals surface area contributed by atoms with E-state index in [4.69, 9.17) is 11.6 Å². The summed E-state index contributed by atoms with van der Waals surface area (Å²) in [5.74, 6) is -2.27.